The number of nitrogens with zero attached hydrogens (tertiary/aromatic N) is 2. The normalized spacial score (nSPS) is 19.5. The summed E-state index contributed by atoms with van der Waals surface area (Å²) in [5.41, 5.74) is 7.22. The van der Waals surface area contributed by atoms with Gasteiger partial charge >= 0.3 is 5.97 Å². The predicted octanol–water partition coefficient (Wildman–Crippen LogP) is 2.70. The highest BCUT2D eigenvalue weighted by Crippen LogP contribution is 2.27. The molecule has 1 fully saturated rings. The number of carbonyl (C=O) groups is 3. The molecule has 1 aromatic rings. The highest BCUT2D eigenvalue weighted by molar-refractivity contribution is 6.01. The molecule has 178 valence electrons. The summed E-state index contributed by atoms with van der Waals surface area (Å²) in [4.78, 5) is 40.9. The van der Waals surface area contributed by atoms with Crippen molar-refractivity contribution in [2.45, 2.75) is 71.1 Å². The average Bonchev–Trinajstić information content (AvgIpc) is 3.02. The van der Waals surface area contributed by atoms with Gasteiger partial charge in [0.2, 0.25) is 5.91 Å². The largest absolute Gasteiger partial charge is 0.460 e. The highest BCUT2D eigenvalue weighted by Gasteiger charge is 2.36. The Morgan fingerprint density at radius 3 is 2.73 bits per heavy atom. The Hall–Kier alpha value is -2.85. The van der Waals surface area contributed by atoms with Gasteiger partial charge in [0.15, 0.2) is 0 Å². The van der Waals surface area contributed by atoms with Crippen molar-refractivity contribution in [3.63, 3.8) is 0 Å². The first-order chi connectivity index (χ1) is 15.5. The van der Waals surface area contributed by atoms with Gasteiger partial charge in [0.1, 0.15) is 11.6 Å². The van der Waals surface area contributed by atoms with Gasteiger partial charge < -0.3 is 20.3 Å². The third kappa shape index (κ3) is 6.82. The van der Waals surface area contributed by atoms with E-state index < -0.39 is 23.5 Å². The van der Waals surface area contributed by atoms with Crippen LogP contribution in [0.3, 0.4) is 0 Å². The number of piperidine rings is 1. The molecule has 0 radical (unpaired) electrons. The van der Waals surface area contributed by atoms with Crippen LogP contribution in [0.25, 0.3) is 0 Å². The van der Waals surface area contributed by atoms with E-state index in [0.29, 0.717) is 11.5 Å². The van der Waals surface area contributed by atoms with Crippen LogP contribution in [0, 0.1) is 17.8 Å². The smallest absolute Gasteiger partial charge is 0.306 e. The number of carbonyl (C=O) groups excluding carboxylic acids is 3. The molecule has 2 N–H and O–H groups in total. The van der Waals surface area contributed by atoms with E-state index in [1.54, 1.807) is 26.8 Å². The number of rotatable bonds is 6. The summed E-state index contributed by atoms with van der Waals surface area (Å²) in [6.07, 6.45) is 3.44. The quantitative estimate of drug-likeness (QED) is 0.528. The van der Waals surface area contributed by atoms with Gasteiger partial charge in [0.25, 0.3) is 5.91 Å². The summed E-state index contributed by atoms with van der Waals surface area (Å²) in [6.45, 7) is 7.87. The first-order valence-electron chi connectivity index (χ1n) is 11.7. The molecule has 33 heavy (non-hydrogen) atoms. The van der Waals surface area contributed by atoms with Crippen molar-refractivity contribution in [2.75, 3.05) is 20.1 Å². The molecule has 0 saturated carbocycles. The fraction of sp³-hybridized carbons (Fsp3) is 0.577. The van der Waals surface area contributed by atoms with E-state index in [1.165, 1.54) is 17.7 Å². The molecule has 2 aliphatic rings. The van der Waals surface area contributed by atoms with E-state index in [-0.39, 0.29) is 25.3 Å². The standard InChI is InChI=1S/C26H35N3O4/c1-26(2,3)33-23(30)13-12-22(24(27)31)29-17-20-15-18(10-11-21(20)25(29)32)7-5-8-19-9-6-14-28(4)16-19/h10-11,15,19,22H,6,8-9,12-14,16-17H2,1-4H3,(H2,27,31)/t19?,22-/m0/s1. The molecule has 2 heterocycles. The van der Waals surface area contributed by atoms with Crippen molar-refractivity contribution in [3.05, 3.63) is 34.9 Å². The van der Waals surface area contributed by atoms with Crippen LogP contribution in [0.2, 0.25) is 0 Å². The van der Waals surface area contributed by atoms with Gasteiger partial charge in [-0.2, -0.15) is 0 Å². The maximum absolute atomic E-state index is 12.9. The third-order valence-electron chi connectivity index (χ3n) is 6.03. The lowest BCUT2D eigenvalue weighted by atomic mass is 9.95. The lowest BCUT2D eigenvalue weighted by Gasteiger charge is -2.28. The van der Waals surface area contributed by atoms with Crippen molar-refractivity contribution < 1.29 is 19.1 Å². The lowest BCUT2D eigenvalue weighted by molar-refractivity contribution is -0.155. The van der Waals surface area contributed by atoms with E-state index >= 15 is 0 Å². The molecule has 3 rings (SSSR count). The van der Waals surface area contributed by atoms with Crippen LogP contribution in [-0.4, -0.2) is 59.4 Å². The van der Waals surface area contributed by atoms with Crippen LogP contribution in [0.15, 0.2) is 18.2 Å². The number of ether oxygens (including phenoxy) is 1. The summed E-state index contributed by atoms with van der Waals surface area (Å²) in [5, 5.41) is 0. The van der Waals surface area contributed by atoms with Crippen LogP contribution in [0.1, 0.15) is 74.4 Å². The molecule has 7 nitrogen and oxygen atoms in total. The molecule has 2 amide bonds. The zero-order valence-electron chi connectivity index (χ0n) is 20.1. The van der Waals surface area contributed by atoms with Gasteiger partial charge in [-0.1, -0.05) is 11.8 Å². The number of hydrogen-bond donors (Lipinski definition) is 1. The number of likely N-dealkylation sites (tertiary alicyclic amines) is 1. The van der Waals surface area contributed by atoms with E-state index in [2.05, 4.69) is 23.8 Å². The number of hydrogen-bond acceptors (Lipinski definition) is 5. The van der Waals surface area contributed by atoms with Crippen molar-refractivity contribution >= 4 is 17.8 Å². The molecule has 2 aliphatic heterocycles. The minimum Gasteiger partial charge on any atom is -0.460 e. The van der Waals surface area contributed by atoms with Gasteiger partial charge in [0.05, 0.1) is 0 Å². The van der Waals surface area contributed by atoms with Crippen LogP contribution in [-0.2, 0) is 20.9 Å². The second kappa shape index (κ2) is 10.4. The van der Waals surface area contributed by atoms with Crippen molar-refractivity contribution in [1.29, 1.82) is 0 Å². The van der Waals surface area contributed by atoms with Crippen molar-refractivity contribution in [1.82, 2.24) is 9.80 Å². The summed E-state index contributed by atoms with van der Waals surface area (Å²) in [6, 6.07) is 4.66. The zero-order chi connectivity index (χ0) is 24.2. The SMILES string of the molecule is CN1CCCC(CC#Cc2ccc3c(c2)CN([C@@H](CCC(=O)OC(C)(C)C)C(N)=O)C3=O)C1. The van der Waals surface area contributed by atoms with Crippen molar-refractivity contribution in [3.8, 4) is 11.8 Å². The summed E-state index contributed by atoms with van der Waals surface area (Å²) < 4.78 is 5.31. The topological polar surface area (TPSA) is 92.9 Å². The molecule has 1 saturated heterocycles. The highest BCUT2D eigenvalue weighted by atomic mass is 16.6. The van der Waals surface area contributed by atoms with Crippen LogP contribution >= 0.6 is 0 Å². The van der Waals surface area contributed by atoms with E-state index in [9.17, 15) is 14.4 Å². The number of fused-ring (bicyclic) bond motifs is 1. The molecular weight excluding hydrogens is 418 g/mol. The molecule has 7 heteroatoms. The maximum Gasteiger partial charge on any atom is 0.306 e. The Labute approximate surface area is 196 Å². The minimum atomic E-state index is -0.866. The molecule has 0 bridgehead atoms. The van der Waals surface area contributed by atoms with Crippen LogP contribution < -0.4 is 5.73 Å². The predicted molar refractivity (Wildman–Crippen MR) is 126 cm³/mol. The van der Waals surface area contributed by atoms with E-state index in [4.69, 9.17) is 10.5 Å². The molecule has 0 aromatic heterocycles. The van der Waals surface area contributed by atoms with Gasteiger partial charge in [0, 0.05) is 37.1 Å². The van der Waals surface area contributed by atoms with E-state index in [1.807, 2.05) is 12.1 Å². The Bertz CT molecular complexity index is 970. The molecule has 0 spiro atoms. The first-order valence-corrected chi connectivity index (χ1v) is 11.7. The number of esters is 1. The van der Waals surface area contributed by atoms with Crippen molar-refractivity contribution in [2.24, 2.45) is 11.7 Å². The second-order valence-electron chi connectivity index (χ2n) is 10.1. The second-order valence-corrected chi connectivity index (χ2v) is 10.1. The van der Waals surface area contributed by atoms with Crippen LogP contribution in [0.5, 0.6) is 0 Å². The van der Waals surface area contributed by atoms with Gasteiger partial charge in [-0.15, -0.1) is 0 Å². The molecular formula is C26H35N3O4. The fourth-order valence-corrected chi connectivity index (χ4v) is 4.51. The molecule has 2 atom stereocenters. The Morgan fingerprint density at radius 1 is 1.30 bits per heavy atom. The zero-order valence-corrected chi connectivity index (χ0v) is 20.1. The van der Waals surface area contributed by atoms with Gasteiger partial charge in [-0.25, -0.2) is 0 Å². The monoisotopic (exact) mass is 453 g/mol. The average molecular weight is 454 g/mol. The molecule has 0 aliphatic carbocycles. The Morgan fingerprint density at radius 2 is 2.06 bits per heavy atom. The van der Waals surface area contributed by atoms with E-state index in [0.717, 1.165) is 30.6 Å². The third-order valence-corrected chi connectivity index (χ3v) is 6.03. The number of primary amides is 1. The lowest BCUT2D eigenvalue weighted by Crippen LogP contribution is -2.45. The summed E-state index contributed by atoms with van der Waals surface area (Å²) >= 11 is 0. The number of nitrogens with two attached hydrogens (primary N) is 1. The minimum absolute atomic E-state index is 0.0120. The Balaban J connectivity index is 1.64. The van der Waals surface area contributed by atoms with Crippen LogP contribution in [0.4, 0.5) is 0 Å². The van der Waals surface area contributed by atoms with Gasteiger partial charge in [-0.3, -0.25) is 14.4 Å². The number of amides is 2. The van der Waals surface area contributed by atoms with Gasteiger partial charge in [-0.05, 0) is 83.3 Å². The molecule has 1 unspecified atom stereocenters. The number of benzene rings is 1. The fourth-order valence-electron chi connectivity index (χ4n) is 4.51. The first kappa shape index (κ1) is 24.8. The molecule has 1 aromatic carbocycles. The Kier molecular flexibility index (Phi) is 7.80. The summed E-state index contributed by atoms with van der Waals surface area (Å²) in [7, 11) is 2.15. The summed E-state index contributed by atoms with van der Waals surface area (Å²) in [5.74, 6) is 5.83. The maximum atomic E-state index is 12.9.